The van der Waals surface area contributed by atoms with Gasteiger partial charge < -0.3 is 15.2 Å². The lowest BCUT2D eigenvalue weighted by molar-refractivity contribution is -0.121. The third-order valence-corrected chi connectivity index (χ3v) is 4.86. The summed E-state index contributed by atoms with van der Waals surface area (Å²) in [7, 11) is 0. The van der Waals surface area contributed by atoms with E-state index in [-0.39, 0.29) is 18.1 Å². The number of aliphatic hydroxyl groups excluding tert-OH is 1. The van der Waals surface area contributed by atoms with Gasteiger partial charge in [-0.2, -0.15) is 0 Å². The first-order chi connectivity index (χ1) is 12.5. The quantitative estimate of drug-likeness (QED) is 0.782. The number of benzene rings is 2. The van der Waals surface area contributed by atoms with Crippen molar-refractivity contribution in [3.63, 3.8) is 0 Å². The Morgan fingerprint density at radius 2 is 1.96 bits per heavy atom. The Kier molecular flexibility index (Phi) is 5.84. The van der Waals surface area contributed by atoms with Crippen molar-refractivity contribution >= 4 is 17.5 Å². The average Bonchev–Trinajstić information content (AvgIpc) is 2.95. The molecule has 0 radical (unpaired) electrons. The van der Waals surface area contributed by atoms with E-state index in [1.807, 2.05) is 36.4 Å². The zero-order valence-corrected chi connectivity index (χ0v) is 15.7. The molecular formula is C21H24ClNO3. The lowest BCUT2D eigenvalue weighted by Crippen LogP contribution is -2.32. The van der Waals surface area contributed by atoms with Crippen LogP contribution in [0.2, 0.25) is 5.02 Å². The van der Waals surface area contributed by atoms with Crippen LogP contribution in [0.1, 0.15) is 30.0 Å². The van der Waals surface area contributed by atoms with Crippen LogP contribution in [-0.4, -0.2) is 29.8 Å². The summed E-state index contributed by atoms with van der Waals surface area (Å²) < 4.78 is 6.22. The summed E-state index contributed by atoms with van der Waals surface area (Å²) in [6, 6.07) is 14.1. The molecule has 138 valence electrons. The number of ether oxygens (including phenoxy) is 1. The van der Waals surface area contributed by atoms with Gasteiger partial charge in [-0.25, -0.2) is 0 Å². The van der Waals surface area contributed by atoms with Gasteiger partial charge in [-0.1, -0.05) is 35.9 Å². The number of rotatable bonds is 7. The fourth-order valence-electron chi connectivity index (χ4n) is 3.40. The van der Waals surface area contributed by atoms with Gasteiger partial charge in [0, 0.05) is 30.8 Å². The largest absolute Gasteiger partial charge is 0.487 e. The minimum atomic E-state index is -0.271. The van der Waals surface area contributed by atoms with Gasteiger partial charge in [-0.05, 0) is 48.2 Å². The molecule has 1 atom stereocenters. The maximum Gasteiger partial charge on any atom is 0.220 e. The maximum absolute atomic E-state index is 11.7. The number of carbonyl (C=O) groups excluding carboxylic acids is 1. The highest BCUT2D eigenvalue weighted by Gasteiger charge is 2.35. The van der Waals surface area contributed by atoms with Crippen molar-refractivity contribution in [3.8, 4) is 5.75 Å². The first-order valence-corrected chi connectivity index (χ1v) is 9.28. The van der Waals surface area contributed by atoms with Crippen molar-refractivity contribution in [2.24, 2.45) is 0 Å². The molecular weight excluding hydrogens is 350 g/mol. The summed E-state index contributed by atoms with van der Waals surface area (Å²) in [6.07, 6.45) is 2.76. The Balaban J connectivity index is 1.61. The average molecular weight is 374 g/mol. The Labute approximate surface area is 159 Å². The minimum Gasteiger partial charge on any atom is -0.487 e. The number of fused-ring (bicyclic) bond motifs is 1. The maximum atomic E-state index is 11.7. The molecule has 0 fully saturated rings. The molecule has 1 heterocycles. The molecule has 0 aromatic heterocycles. The van der Waals surface area contributed by atoms with E-state index in [0.717, 1.165) is 29.2 Å². The lowest BCUT2D eigenvalue weighted by atomic mass is 9.91. The van der Waals surface area contributed by atoms with Crippen molar-refractivity contribution in [2.75, 3.05) is 13.2 Å². The number of amides is 1. The van der Waals surface area contributed by atoms with Crippen LogP contribution in [0, 0.1) is 0 Å². The summed E-state index contributed by atoms with van der Waals surface area (Å²) in [5.41, 5.74) is 3.25. The van der Waals surface area contributed by atoms with E-state index >= 15 is 0 Å². The van der Waals surface area contributed by atoms with Crippen LogP contribution >= 0.6 is 11.6 Å². The molecule has 0 saturated carbocycles. The monoisotopic (exact) mass is 373 g/mol. The van der Waals surface area contributed by atoms with E-state index in [9.17, 15) is 4.79 Å². The Morgan fingerprint density at radius 3 is 2.69 bits per heavy atom. The molecule has 5 heteroatoms. The van der Waals surface area contributed by atoms with Crippen LogP contribution in [0.4, 0.5) is 0 Å². The van der Waals surface area contributed by atoms with Gasteiger partial charge in [0.25, 0.3) is 0 Å². The topological polar surface area (TPSA) is 58.6 Å². The molecule has 26 heavy (non-hydrogen) atoms. The fraction of sp³-hybridized carbons (Fsp3) is 0.381. The number of carbonyl (C=O) groups is 1. The van der Waals surface area contributed by atoms with Crippen LogP contribution in [0.25, 0.3) is 0 Å². The molecule has 3 rings (SSSR count). The van der Waals surface area contributed by atoms with E-state index < -0.39 is 0 Å². The Morgan fingerprint density at radius 1 is 1.23 bits per heavy atom. The molecule has 1 amide bonds. The van der Waals surface area contributed by atoms with Gasteiger partial charge in [0.1, 0.15) is 11.4 Å². The van der Waals surface area contributed by atoms with Crippen molar-refractivity contribution < 1.29 is 14.6 Å². The zero-order chi connectivity index (χ0) is 18.6. The molecule has 0 aliphatic carbocycles. The Hall–Kier alpha value is -2.04. The zero-order valence-electron chi connectivity index (χ0n) is 14.9. The van der Waals surface area contributed by atoms with Gasteiger partial charge in [0.05, 0.1) is 6.61 Å². The van der Waals surface area contributed by atoms with Gasteiger partial charge in [0.15, 0.2) is 0 Å². The second kappa shape index (κ2) is 8.11. The van der Waals surface area contributed by atoms with Crippen LogP contribution in [0.5, 0.6) is 5.75 Å². The molecule has 2 N–H and O–H groups in total. The third kappa shape index (κ3) is 4.77. The van der Waals surface area contributed by atoms with E-state index in [1.165, 1.54) is 11.1 Å². The first kappa shape index (κ1) is 18.7. The van der Waals surface area contributed by atoms with Crippen molar-refractivity contribution in [1.29, 1.82) is 0 Å². The van der Waals surface area contributed by atoms with Crippen LogP contribution < -0.4 is 10.1 Å². The van der Waals surface area contributed by atoms with Gasteiger partial charge in [-0.15, -0.1) is 0 Å². The molecule has 0 bridgehead atoms. The lowest BCUT2D eigenvalue weighted by Gasteiger charge is -2.24. The molecule has 2 aromatic carbocycles. The van der Waals surface area contributed by atoms with Crippen molar-refractivity contribution in [3.05, 3.63) is 64.2 Å². The number of aliphatic hydroxyl groups is 1. The first-order valence-electron chi connectivity index (χ1n) is 8.90. The molecule has 0 unspecified atom stereocenters. The SMILES string of the molecule is C[C@]1(Cc2ccc(Cl)cc2)Cc2cc(CCC(=O)NCCO)ccc2O1. The number of halogens is 1. The van der Waals surface area contributed by atoms with Gasteiger partial charge >= 0.3 is 0 Å². The second-order valence-corrected chi connectivity index (χ2v) is 7.48. The highest BCUT2D eigenvalue weighted by Crippen LogP contribution is 2.37. The predicted molar refractivity (Wildman–Crippen MR) is 103 cm³/mol. The molecule has 4 nitrogen and oxygen atoms in total. The number of nitrogens with one attached hydrogen (secondary N) is 1. The number of hydrogen-bond acceptors (Lipinski definition) is 3. The predicted octanol–water partition coefficient (Wildman–Crippen LogP) is 3.32. The smallest absolute Gasteiger partial charge is 0.220 e. The molecule has 2 aromatic rings. The van der Waals surface area contributed by atoms with E-state index in [1.54, 1.807) is 0 Å². The molecule has 0 saturated heterocycles. The van der Waals surface area contributed by atoms with E-state index in [0.29, 0.717) is 19.4 Å². The van der Waals surface area contributed by atoms with Crippen molar-refractivity contribution in [2.45, 2.75) is 38.2 Å². The number of aryl methyl sites for hydroxylation is 1. The minimum absolute atomic E-state index is 0.0336. The molecule has 1 aliphatic rings. The summed E-state index contributed by atoms with van der Waals surface area (Å²) in [5, 5.41) is 12.2. The highest BCUT2D eigenvalue weighted by molar-refractivity contribution is 6.30. The Bertz CT molecular complexity index is 775. The number of hydrogen-bond donors (Lipinski definition) is 2. The van der Waals surface area contributed by atoms with Gasteiger partial charge in [-0.3, -0.25) is 4.79 Å². The molecule has 0 spiro atoms. The summed E-state index contributed by atoms with van der Waals surface area (Å²) in [5.74, 6) is 0.887. The normalized spacial score (nSPS) is 18.3. The fourth-order valence-corrected chi connectivity index (χ4v) is 3.53. The van der Waals surface area contributed by atoms with E-state index in [4.69, 9.17) is 21.4 Å². The van der Waals surface area contributed by atoms with Crippen LogP contribution in [0.3, 0.4) is 0 Å². The summed E-state index contributed by atoms with van der Waals surface area (Å²) in [4.78, 5) is 11.7. The van der Waals surface area contributed by atoms with Crippen LogP contribution in [-0.2, 0) is 24.1 Å². The van der Waals surface area contributed by atoms with E-state index in [2.05, 4.69) is 18.3 Å². The summed E-state index contributed by atoms with van der Waals surface area (Å²) in [6.45, 7) is 2.40. The van der Waals surface area contributed by atoms with Crippen molar-refractivity contribution in [1.82, 2.24) is 5.32 Å². The van der Waals surface area contributed by atoms with Gasteiger partial charge in [0.2, 0.25) is 5.91 Å². The third-order valence-electron chi connectivity index (χ3n) is 4.61. The van der Waals surface area contributed by atoms with Crippen LogP contribution in [0.15, 0.2) is 42.5 Å². The standard InChI is InChI=1S/C21H24ClNO3/c1-21(13-16-2-6-18(22)7-3-16)14-17-12-15(4-8-19(17)26-21)5-9-20(25)23-10-11-24/h2-4,6-8,12,24H,5,9-11,13-14H2,1H3,(H,23,25)/t21-/m0/s1. The molecule has 1 aliphatic heterocycles. The second-order valence-electron chi connectivity index (χ2n) is 7.05. The summed E-state index contributed by atoms with van der Waals surface area (Å²) >= 11 is 5.96. The highest BCUT2D eigenvalue weighted by atomic mass is 35.5.